The lowest BCUT2D eigenvalue weighted by Crippen LogP contribution is -2.21. The first-order chi connectivity index (χ1) is 10.9. The second kappa shape index (κ2) is 7.59. The van der Waals surface area contributed by atoms with E-state index in [1.807, 2.05) is 14.1 Å². The highest BCUT2D eigenvalue weighted by molar-refractivity contribution is 6.37. The van der Waals surface area contributed by atoms with Crippen LogP contribution in [0.3, 0.4) is 0 Å². The lowest BCUT2D eigenvalue weighted by molar-refractivity contribution is 0.0957. The molecule has 23 heavy (non-hydrogen) atoms. The summed E-state index contributed by atoms with van der Waals surface area (Å²) in [7, 11) is 3.67. The lowest BCUT2D eigenvalue weighted by atomic mass is 10.1. The number of hydrogen-bond acceptors (Lipinski definition) is 3. The van der Waals surface area contributed by atoms with Gasteiger partial charge in [0.2, 0.25) is 0 Å². The van der Waals surface area contributed by atoms with E-state index < -0.39 is 0 Å². The number of carbonyl (C=O) groups is 2. The minimum absolute atomic E-state index is 0.0219. The predicted molar refractivity (Wildman–Crippen MR) is 93.7 cm³/mol. The molecule has 2 aromatic carbocycles. The number of halogens is 2. The summed E-state index contributed by atoms with van der Waals surface area (Å²) >= 11 is 11.8. The summed E-state index contributed by atoms with van der Waals surface area (Å²) in [5.74, 6) is -0.312. The maximum absolute atomic E-state index is 12.2. The molecule has 0 atom stereocenters. The topological polar surface area (TPSA) is 49.4 Å². The monoisotopic (exact) mass is 350 g/mol. The number of anilines is 1. The Labute approximate surface area is 145 Å². The molecule has 0 spiro atoms. The molecule has 0 aliphatic heterocycles. The van der Waals surface area contributed by atoms with E-state index >= 15 is 0 Å². The van der Waals surface area contributed by atoms with Crippen molar-refractivity contribution in [3.63, 3.8) is 0 Å². The van der Waals surface area contributed by atoms with Gasteiger partial charge in [-0.3, -0.25) is 9.59 Å². The first kappa shape index (κ1) is 17.5. The number of hydrogen-bond donors (Lipinski definition) is 1. The largest absolute Gasteiger partial charge is 0.322 e. The van der Waals surface area contributed by atoms with Crippen LogP contribution in [0.25, 0.3) is 0 Å². The van der Waals surface area contributed by atoms with Gasteiger partial charge in [0.15, 0.2) is 5.78 Å². The third-order valence-corrected chi connectivity index (χ3v) is 3.65. The van der Waals surface area contributed by atoms with Crippen molar-refractivity contribution in [1.82, 2.24) is 4.90 Å². The van der Waals surface area contributed by atoms with E-state index in [4.69, 9.17) is 23.2 Å². The second-order valence-corrected chi connectivity index (χ2v) is 6.16. The van der Waals surface area contributed by atoms with Crippen molar-refractivity contribution in [3.05, 3.63) is 63.6 Å². The second-order valence-electron chi connectivity index (χ2n) is 5.32. The van der Waals surface area contributed by atoms with Crippen LogP contribution < -0.4 is 5.32 Å². The summed E-state index contributed by atoms with van der Waals surface area (Å²) in [6.07, 6.45) is 0. The van der Waals surface area contributed by atoms with Crippen LogP contribution in [0.5, 0.6) is 0 Å². The zero-order valence-electron chi connectivity index (χ0n) is 12.8. The van der Waals surface area contributed by atoms with Gasteiger partial charge in [-0.15, -0.1) is 0 Å². The Hall–Kier alpha value is -1.88. The van der Waals surface area contributed by atoms with Crippen LogP contribution in [0.4, 0.5) is 5.69 Å². The highest BCUT2D eigenvalue weighted by atomic mass is 35.5. The van der Waals surface area contributed by atoms with Crippen molar-refractivity contribution >= 4 is 40.6 Å². The van der Waals surface area contributed by atoms with Gasteiger partial charge in [0, 0.05) is 16.3 Å². The molecular weight excluding hydrogens is 335 g/mol. The van der Waals surface area contributed by atoms with Crippen molar-refractivity contribution in [1.29, 1.82) is 0 Å². The molecule has 120 valence electrons. The van der Waals surface area contributed by atoms with Gasteiger partial charge in [0.1, 0.15) is 0 Å². The number of Topliss-reactive ketones (excluding diaryl/α,β-unsaturated/α-hetero) is 1. The Bertz CT molecular complexity index is 728. The predicted octanol–water partition coefficient (Wildman–Crippen LogP) is 3.99. The van der Waals surface area contributed by atoms with Crippen LogP contribution in [0.15, 0.2) is 42.5 Å². The van der Waals surface area contributed by atoms with Crippen LogP contribution in [0.2, 0.25) is 10.0 Å². The fraction of sp³-hybridized carbons (Fsp3) is 0.176. The van der Waals surface area contributed by atoms with Gasteiger partial charge in [0.25, 0.3) is 5.91 Å². The number of amides is 1. The zero-order valence-corrected chi connectivity index (χ0v) is 14.3. The number of likely N-dealkylation sites (N-methyl/N-ethyl adjacent to an activating group) is 1. The standard InChI is InChI=1S/C17H16Cl2N2O2/c1-21(2)10-16(22)11-3-6-13(7-4-11)20-17(23)14-8-5-12(18)9-15(14)19/h3-9H,10H2,1-2H3,(H,20,23). The number of ketones is 1. The highest BCUT2D eigenvalue weighted by Gasteiger charge is 2.12. The summed E-state index contributed by atoms with van der Waals surface area (Å²) in [5, 5.41) is 3.49. The van der Waals surface area contributed by atoms with E-state index in [0.717, 1.165) is 0 Å². The fourth-order valence-electron chi connectivity index (χ4n) is 1.99. The Kier molecular flexibility index (Phi) is 5.77. The maximum atomic E-state index is 12.2. The van der Waals surface area contributed by atoms with Crippen LogP contribution in [0.1, 0.15) is 20.7 Å². The molecule has 2 rings (SSSR count). The van der Waals surface area contributed by atoms with Gasteiger partial charge < -0.3 is 10.2 Å². The molecule has 0 bridgehead atoms. The van der Waals surface area contributed by atoms with Crippen LogP contribution >= 0.6 is 23.2 Å². The smallest absolute Gasteiger partial charge is 0.257 e. The minimum atomic E-state index is -0.334. The first-order valence-electron chi connectivity index (χ1n) is 6.91. The summed E-state index contributed by atoms with van der Waals surface area (Å²) in [6, 6.07) is 11.4. The van der Waals surface area contributed by atoms with E-state index in [2.05, 4.69) is 5.32 Å². The van der Waals surface area contributed by atoms with Crippen molar-refractivity contribution in [2.45, 2.75) is 0 Å². The van der Waals surface area contributed by atoms with Gasteiger partial charge in [0.05, 0.1) is 17.1 Å². The molecule has 1 N–H and O–H groups in total. The molecule has 0 aliphatic carbocycles. The Morgan fingerprint density at radius 2 is 1.70 bits per heavy atom. The molecule has 1 amide bonds. The van der Waals surface area contributed by atoms with Crippen LogP contribution in [0, 0.1) is 0 Å². The van der Waals surface area contributed by atoms with Gasteiger partial charge in [-0.05, 0) is 56.6 Å². The van der Waals surface area contributed by atoms with Crippen LogP contribution in [-0.4, -0.2) is 37.2 Å². The summed E-state index contributed by atoms with van der Waals surface area (Å²) in [5.41, 5.74) is 1.52. The summed E-state index contributed by atoms with van der Waals surface area (Å²) in [6.45, 7) is 0.339. The first-order valence-corrected chi connectivity index (χ1v) is 7.67. The molecule has 2 aromatic rings. The molecule has 0 heterocycles. The van der Waals surface area contributed by atoms with Crippen molar-refractivity contribution in [2.75, 3.05) is 26.0 Å². The average molecular weight is 351 g/mol. The Morgan fingerprint density at radius 3 is 2.26 bits per heavy atom. The number of rotatable bonds is 5. The number of benzene rings is 2. The van der Waals surface area contributed by atoms with Gasteiger partial charge in [-0.25, -0.2) is 0 Å². The molecule has 6 heteroatoms. The SMILES string of the molecule is CN(C)CC(=O)c1ccc(NC(=O)c2ccc(Cl)cc2Cl)cc1. The Balaban J connectivity index is 2.08. The van der Waals surface area contributed by atoms with E-state index in [1.54, 1.807) is 41.3 Å². The van der Waals surface area contributed by atoms with Crippen LogP contribution in [-0.2, 0) is 0 Å². The molecule has 0 saturated carbocycles. The Morgan fingerprint density at radius 1 is 1.04 bits per heavy atom. The quantitative estimate of drug-likeness (QED) is 0.829. The summed E-state index contributed by atoms with van der Waals surface area (Å²) < 4.78 is 0. The van der Waals surface area contributed by atoms with Crippen molar-refractivity contribution in [3.8, 4) is 0 Å². The van der Waals surface area contributed by atoms with Crippen molar-refractivity contribution in [2.24, 2.45) is 0 Å². The molecule has 4 nitrogen and oxygen atoms in total. The summed E-state index contributed by atoms with van der Waals surface area (Å²) in [4.78, 5) is 25.9. The fourth-order valence-corrected chi connectivity index (χ4v) is 2.48. The van der Waals surface area contributed by atoms with E-state index in [9.17, 15) is 9.59 Å². The zero-order chi connectivity index (χ0) is 17.0. The van der Waals surface area contributed by atoms with Gasteiger partial charge >= 0.3 is 0 Å². The van der Waals surface area contributed by atoms with Gasteiger partial charge in [-0.2, -0.15) is 0 Å². The lowest BCUT2D eigenvalue weighted by Gasteiger charge is -2.10. The average Bonchev–Trinajstić information content (AvgIpc) is 2.47. The number of carbonyl (C=O) groups excluding carboxylic acids is 2. The van der Waals surface area contributed by atoms with Crippen molar-refractivity contribution < 1.29 is 9.59 Å². The molecule has 0 saturated heterocycles. The molecule has 0 aromatic heterocycles. The normalized spacial score (nSPS) is 10.7. The molecule has 0 aliphatic rings. The third kappa shape index (κ3) is 4.79. The molecule has 0 unspecified atom stereocenters. The van der Waals surface area contributed by atoms with E-state index in [-0.39, 0.29) is 16.7 Å². The highest BCUT2D eigenvalue weighted by Crippen LogP contribution is 2.22. The third-order valence-electron chi connectivity index (χ3n) is 3.10. The van der Waals surface area contributed by atoms with Gasteiger partial charge in [-0.1, -0.05) is 23.2 Å². The maximum Gasteiger partial charge on any atom is 0.257 e. The molecular formula is C17H16Cl2N2O2. The number of nitrogens with one attached hydrogen (secondary N) is 1. The van der Waals surface area contributed by atoms with E-state index in [0.29, 0.717) is 28.4 Å². The molecule has 0 radical (unpaired) electrons. The van der Waals surface area contributed by atoms with E-state index in [1.165, 1.54) is 6.07 Å². The number of nitrogens with zero attached hydrogens (tertiary/aromatic N) is 1. The minimum Gasteiger partial charge on any atom is -0.322 e. The molecule has 0 fully saturated rings.